The van der Waals surface area contributed by atoms with Crippen LogP contribution in [0.25, 0.3) is 0 Å². The molecule has 0 spiro atoms. The summed E-state index contributed by atoms with van der Waals surface area (Å²) in [6.45, 7) is 8.17. The van der Waals surface area contributed by atoms with Gasteiger partial charge in [0, 0.05) is 18.9 Å². The molecular weight excluding hydrogens is 259 g/mol. The zero-order valence-electron chi connectivity index (χ0n) is 11.4. The summed E-state index contributed by atoms with van der Waals surface area (Å²) in [6, 6.07) is 0. The standard InChI is InChI=1S/C12H22N2.BF4/c1-3-5-6-7-8-9-14-11-10-13(4-2)12-14;2-1(3,4)5/h4,10-11H,2-3,5-9,12H2,1H3;/q;-1. The molecule has 0 aromatic carbocycles. The van der Waals surface area contributed by atoms with Gasteiger partial charge in [-0.1, -0.05) is 39.2 Å². The molecule has 7 heteroatoms. The first-order chi connectivity index (χ1) is 8.86. The van der Waals surface area contributed by atoms with Crippen LogP contribution in [0.1, 0.15) is 39.0 Å². The predicted octanol–water partition coefficient (Wildman–Crippen LogP) is 4.45. The zero-order valence-corrected chi connectivity index (χ0v) is 11.4. The van der Waals surface area contributed by atoms with Crippen molar-refractivity contribution in [1.82, 2.24) is 9.80 Å². The average molecular weight is 281 g/mol. The van der Waals surface area contributed by atoms with Gasteiger partial charge in [-0.15, -0.1) is 0 Å². The molecule has 2 nitrogen and oxygen atoms in total. The van der Waals surface area contributed by atoms with Crippen LogP contribution in [0.2, 0.25) is 0 Å². The summed E-state index contributed by atoms with van der Waals surface area (Å²) in [4.78, 5) is 4.44. The van der Waals surface area contributed by atoms with Crippen LogP contribution in [-0.4, -0.2) is 30.3 Å². The van der Waals surface area contributed by atoms with Gasteiger partial charge in [0.25, 0.3) is 0 Å². The van der Waals surface area contributed by atoms with Crippen molar-refractivity contribution in [2.24, 2.45) is 0 Å². The van der Waals surface area contributed by atoms with Crippen LogP contribution >= 0.6 is 0 Å². The molecule has 0 aliphatic carbocycles. The van der Waals surface area contributed by atoms with Gasteiger partial charge in [0.2, 0.25) is 0 Å². The van der Waals surface area contributed by atoms with Gasteiger partial charge in [0.05, 0.1) is 6.67 Å². The first-order valence-corrected chi connectivity index (χ1v) is 6.54. The lowest BCUT2D eigenvalue weighted by atomic mass is 10.1. The second kappa shape index (κ2) is 9.75. The molecular formula is C12H22BF4N2-. The molecule has 0 saturated carbocycles. The predicted molar refractivity (Wildman–Crippen MR) is 71.7 cm³/mol. The second-order valence-corrected chi connectivity index (χ2v) is 4.36. The lowest BCUT2D eigenvalue weighted by Crippen LogP contribution is -2.22. The van der Waals surface area contributed by atoms with E-state index in [1.165, 1.54) is 38.6 Å². The van der Waals surface area contributed by atoms with Gasteiger partial charge >= 0.3 is 7.25 Å². The first kappa shape index (κ1) is 17.9. The lowest BCUT2D eigenvalue weighted by Gasteiger charge is -2.18. The van der Waals surface area contributed by atoms with Gasteiger partial charge in [-0.3, -0.25) is 0 Å². The molecule has 0 N–H and O–H groups in total. The maximum absolute atomic E-state index is 9.75. The van der Waals surface area contributed by atoms with Crippen molar-refractivity contribution in [2.45, 2.75) is 39.0 Å². The van der Waals surface area contributed by atoms with Crippen LogP contribution in [-0.2, 0) is 0 Å². The number of hydrogen-bond donors (Lipinski definition) is 0. The highest BCUT2D eigenvalue weighted by Crippen LogP contribution is 2.09. The fraction of sp³-hybridized carbons (Fsp3) is 0.667. The zero-order chi connectivity index (χ0) is 14.7. The van der Waals surface area contributed by atoms with Gasteiger partial charge in [0.1, 0.15) is 0 Å². The Balaban J connectivity index is 0.000000555. The smallest absolute Gasteiger partial charge is 0.418 e. The van der Waals surface area contributed by atoms with Crippen LogP contribution in [0.5, 0.6) is 0 Å². The molecule has 0 aromatic heterocycles. The molecule has 1 rings (SSSR count). The van der Waals surface area contributed by atoms with Crippen molar-refractivity contribution >= 4 is 7.25 Å². The largest absolute Gasteiger partial charge is 0.673 e. The number of unbranched alkanes of at least 4 members (excludes halogenated alkanes) is 4. The van der Waals surface area contributed by atoms with Crippen molar-refractivity contribution in [3.63, 3.8) is 0 Å². The normalized spacial score (nSPS) is 14.4. The Morgan fingerprint density at radius 3 is 2.16 bits per heavy atom. The monoisotopic (exact) mass is 281 g/mol. The number of rotatable bonds is 7. The molecule has 0 atom stereocenters. The van der Waals surface area contributed by atoms with E-state index in [1.807, 2.05) is 6.20 Å². The molecule has 0 amide bonds. The van der Waals surface area contributed by atoms with Gasteiger partial charge < -0.3 is 27.1 Å². The summed E-state index contributed by atoms with van der Waals surface area (Å²) < 4.78 is 39.0. The fourth-order valence-electron chi connectivity index (χ4n) is 1.67. The van der Waals surface area contributed by atoms with Crippen LogP contribution in [0.3, 0.4) is 0 Å². The van der Waals surface area contributed by atoms with E-state index in [9.17, 15) is 17.3 Å². The number of hydrogen-bond acceptors (Lipinski definition) is 2. The van der Waals surface area contributed by atoms with Crippen LogP contribution in [0, 0.1) is 0 Å². The third-order valence-corrected chi connectivity index (χ3v) is 2.60. The maximum Gasteiger partial charge on any atom is 0.673 e. The van der Waals surface area contributed by atoms with E-state index in [4.69, 9.17) is 0 Å². The molecule has 0 saturated heterocycles. The lowest BCUT2D eigenvalue weighted by molar-refractivity contribution is 0.307. The van der Waals surface area contributed by atoms with Gasteiger partial charge in [-0.2, -0.15) is 0 Å². The van der Waals surface area contributed by atoms with Crippen LogP contribution < -0.4 is 0 Å². The molecule has 0 aromatic rings. The number of halogens is 4. The molecule has 1 heterocycles. The quantitative estimate of drug-likeness (QED) is 0.386. The van der Waals surface area contributed by atoms with Gasteiger partial charge in [-0.05, 0) is 12.6 Å². The Labute approximate surface area is 112 Å². The Kier molecular flexibility index (Phi) is 9.17. The second-order valence-electron chi connectivity index (χ2n) is 4.36. The minimum atomic E-state index is -6.00. The van der Waals surface area contributed by atoms with Crippen molar-refractivity contribution in [1.29, 1.82) is 0 Å². The minimum absolute atomic E-state index is 0.983. The first-order valence-electron chi connectivity index (χ1n) is 6.54. The van der Waals surface area contributed by atoms with Gasteiger partial charge in [-0.25, -0.2) is 0 Å². The summed E-state index contributed by atoms with van der Waals surface area (Å²) in [7, 11) is -6.00. The third kappa shape index (κ3) is 13.1. The molecule has 112 valence electrons. The van der Waals surface area contributed by atoms with E-state index in [0.717, 1.165) is 6.67 Å². The van der Waals surface area contributed by atoms with E-state index in [2.05, 4.69) is 35.7 Å². The molecule has 0 fully saturated rings. The Morgan fingerprint density at radius 2 is 1.68 bits per heavy atom. The van der Waals surface area contributed by atoms with E-state index >= 15 is 0 Å². The topological polar surface area (TPSA) is 6.48 Å². The van der Waals surface area contributed by atoms with Crippen LogP contribution in [0.15, 0.2) is 25.2 Å². The molecule has 0 radical (unpaired) electrons. The highest BCUT2D eigenvalue weighted by Gasteiger charge is 2.20. The van der Waals surface area contributed by atoms with E-state index in [1.54, 1.807) is 0 Å². The Hall–Kier alpha value is -1.14. The Bertz CT molecular complexity index is 263. The van der Waals surface area contributed by atoms with E-state index in [-0.39, 0.29) is 0 Å². The highest BCUT2D eigenvalue weighted by molar-refractivity contribution is 6.50. The van der Waals surface area contributed by atoms with E-state index in [0.29, 0.717) is 0 Å². The average Bonchev–Trinajstić information content (AvgIpc) is 2.74. The minimum Gasteiger partial charge on any atom is -0.418 e. The molecule has 0 unspecified atom stereocenters. The highest BCUT2D eigenvalue weighted by atomic mass is 19.5. The fourth-order valence-corrected chi connectivity index (χ4v) is 1.67. The summed E-state index contributed by atoms with van der Waals surface area (Å²) in [5.41, 5.74) is 0. The molecule has 1 aliphatic heterocycles. The SMILES string of the molecule is C=CN1C=CN(CCCCCCC)C1.F[B-](F)(F)F. The Morgan fingerprint density at radius 1 is 1.11 bits per heavy atom. The summed E-state index contributed by atoms with van der Waals surface area (Å²) in [6.07, 6.45) is 12.9. The van der Waals surface area contributed by atoms with E-state index < -0.39 is 7.25 Å². The van der Waals surface area contributed by atoms with Crippen molar-refractivity contribution in [3.05, 3.63) is 25.2 Å². The maximum atomic E-state index is 9.75. The molecule has 19 heavy (non-hydrogen) atoms. The van der Waals surface area contributed by atoms with Gasteiger partial charge in [0.15, 0.2) is 0 Å². The molecule has 1 aliphatic rings. The molecule has 0 bridgehead atoms. The summed E-state index contributed by atoms with van der Waals surface area (Å²) in [5.74, 6) is 0. The van der Waals surface area contributed by atoms with Crippen molar-refractivity contribution < 1.29 is 17.3 Å². The number of nitrogens with zero attached hydrogens (tertiary/aromatic N) is 2. The van der Waals surface area contributed by atoms with Crippen LogP contribution in [0.4, 0.5) is 17.3 Å². The third-order valence-electron chi connectivity index (χ3n) is 2.60. The summed E-state index contributed by atoms with van der Waals surface area (Å²) >= 11 is 0. The van der Waals surface area contributed by atoms with Crippen molar-refractivity contribution in [3.8, 4) is 0 Å². The van der Waals surface area contributed by atoms with Crippen molar-refractivity contribution in [2.75, 3.05) is 13.2 Å². The summed E-state index contributed by atoms with van der Waals surface area (Å²) in [5, 5.41) is 0.